The van der Waals surface area contributed by atoms with Crippen molar-refractivity contribution < 1.29 is 18.0 Å². The molecule has 6 heteroatoms. The Labute approximate surface area is 124 Å². The number of rotatable bonds is 3. The maximum absolute atomic E-state index is 13.1. The van der Waals surface area contributed by atoms with Crippen molar-refractivity contribution in [1.29, 1.82) is 0 Å². The van der Waals surface area contributed by atoms with Crippen molar-refractivity contribution in [2.45, 2.75) is 12.6 Å². The minimum absolute atomic E-state index is 0.0631. The molecule has 0 heterocycles. The van der Waals surface area contributed by atoms with Gasteiger partial charge in [-0.2, -0.15) is 13.2 Å². The first-order valence-electron chi connectivity index (χ1n) is 6.02. The van der Waals surface area contributed by atoms with Crippen molar-refractivity contribution in [2.75, 3.05) is 0 Å². The maximum atomic E-state index is 13.1. The van der Waals surface area contributed by atoms with Gasteiger partial charge in [0.2, 0.25) is 5.91 Å². The number of amides is 1. The molecule has 0 unspecified atom stereocenters. The Hall–Kier alpha value is -2.01. The number of alkyl halides is 3. The molecule has 0 aliphatic rings. The van der Waals surface area contributed by atoms with Crippen LogP contribution in [0.25, 0.3) is 11.1 Å². The fourth-order valence-corrected chi connectivity index (χ4v) is 2.28. The van der Waals surface area contributed by atoms with Crippen LogP contribution in [-0.4, -0.2) is 5.91 Å². The van der Waals surface area contributed by atoms with Crippen molar-refractivity contribution in [2.24, 2.45) is 5.73 Å². The van der Waals surface area contributed by atoms with Crippen molar-refractivity contribution >= 4 is 17.5 Å². The predicted molar refractivity (Wildman–Crippen MR) is 74.8 cm³/mol. The van der Waals surface area contributed by atoms with Crippen LogP contribution >= 0.6 is 11.6 Å². The van der Waals surface area contributed by atoms with Crippen LogP contribution in [0.5, 0.6) is 0 Å². The Kier molecular flexibility index (Phi) is 4.23. The average Bonchev–Trinajstić information content (AvgIpc) is 2.37. The van der Waals surface area contributed by atoms with Crippen LogP contribution in [0, 0.1) is 0 Å². The topological polar surface area (TPSA) is 43.1 Å². The molecule has 0 atom stereocenters. The summed E-state index contributed by atoms with van der Waals surface area (Å²) in [6.45, 7) is 0. The lowest BCUT2D eigenvalue weighted by molar-refractivity contribution is -0.137. The first-order valence-corrected chi connectivity index (χ1v) is 6.40. The molecule has 2 N–H and O–H groups in total. The zero-order valence-corrected chi connectivity index (χ0v) is 11.5. The summed E-state index contributed by atoms with van der Waals surface area (Å²) in [6, 6.07) is 9.67. The van der Waals surface area contributed by atoms with E-state index in [4.69, 9.17) is 17.3 Å². The molecule has 0 aromatic heterocycles. The van der Waals surface area contributed by atoms with Gasteiger partial charge >= 0.3 is 6.18 Å². The highest BCUT2D eigenvalue weighted by Gasteiger charge is 2.34. The van der Waals surface area contributed by atoms with Crippen molar-refractivity contribution in [3.63, 3.8) is 0 Å². The Bertz CT molecular complexity index is 683. The molecule has 2 nitrogen and oxygen atoms in total. The highest BCUT2D eigenvalue weighted by atomic mass is 35.5. The average molecular weight is 314 g/mol. The standard InChI is InChI=1S/C15H11ClF3NO/c16-10-5-6-13(15(17,18)19)12(8-10)11-4-2-1-3-9(11)7-14(20)21/h1-6,8H,7H2,(H2,20,21). The number of carbonyl (C=O) groups excluding carboxylic acids is 1. The molecule has 0 aliphatic carbocycles. The summed E-state index contributed by atoms with van der Waals surface area (Å²) >= 11 is 5.82. The lowest BCUT2D eigenvalue weighted by atomic mass is 9.93. The summed E-state index contributed by atoms with van der Waals surface area (Å²) in [4.78, 5) is 11.1. The molecule has 2 aromatic carbocycles. The van der Waals surface area contributed by atoms with Gasteiger partial charge in [0.25, 0.3) is 0 Å². The van der Waals surface area contributed by atoms with Crippen LogP contribution in [0.1, 0.15) is 11.1 Å². The van der Waals surface area contributed by atoms with E-state index in [-0.39, 0.29) is 17.0 Å². The molecule has 1 amide bonds. The van der Waals surface area contributed by atoms with Gasteiger partial charge in [0.1, 0.15) is 0 Å². The highest BCUT2D eigenvalue weighted by Crippen LogP contribution is 2.39. The molecule has 2 aromatic rings. The number of hydrogen-bond donors (Lipinski definition) is 1. The summed E-state index contributed by atoms with van der Waals surface area (Å²) in [6.07, 6.45) is -4.65. The highest BCUT2D eigenvalue weighted by molar-refractivity contribution is 6.30. The monoisotopic (exact) mass is 313 g/mol. The third-order valence-electron chi connectivity index (χ3n) is 2.96. The van der Waals surface area contributed by atoms with Gasteiger partial charge in [0, 0.05) is 5.02 Å². The zero-order chi connectivity index (χ0) is 15.6. The lowest BCUT2D eigenvalue weighted by Gasteiger charge is -2.16. The van der Waals surface area contributed by atoms with Gasteiger partial charge in [-0.3, -0.25) is 4.79 Å². The van der Waals surface area contributed by atoms with Crippen molar-refractivity contribution in [1.82, 2.24) is 0 Å². The smallest absolute Gasteiger partial charge is 0.369 e. The largest absolute Gasteiger partial charge is 0.417 e. The minimum atomic E-state index is -4.51. The molecule has 2 rings (SSSR count). The summed E-state index contributed by atoms with van der Waals surface area (Å²) in [5.41, 5.74) is 5.00. The fourth-order valence-electron chi connectivity index (χ4n) is 2.11. The summed E-state index contributed by atoms with van der Waals surface area (Å²) in [7, 11) is 0. The van der Waals surface area contributed by atoms with E-state index < -0.39 is 17.6 Å². The lowest BCUT2D eigenvalue weighted by Crippen LogP contribution is -2.15. The number of primary amides is 1. The molecule has 0 bridgehead atoms. The number of halogens is 4. The van der Waals surface area contributed by atoms with Crippen LogP contribution in [-0.2, 0) is 17.4 Å². The molecule has 0 saturated heterocycles. The SMILES string of the molecule is NC(=O)Cc1ccccc1-c1cc(Cl)ccc1C(F)(F)F. The number of benzene rings is 2. The van der Waals surface area contributed by atoms with E-state index in [9.17, 15) is 18.0 Å². The first-order chi connectivity index (χ1) is 9.79. The van der Waals surface area contributed by atoms with Crippen molar-refractivity contribution in [3.8, 4) is 11.1 Å². The molecular formula is C15H11ClF3NO. The summed E-state index contributed by atoms with van der Waals surface area (Å²) in [5, 5.41) is 0.187. The van der Waals surface area contributed by atoms with E-state index in [0.717, 1.165) is 6.07 Å². The van der Waals surface area contributed by atoms with Crippen LogP contribution in [0.15, 0.2) is 42.5 Å². The van der Waals surface area contributed by atoms with E-state index in [1.165, 1.54) is 18.2 Å². The Morgan fingerprint density at radius 1 is 1.10 bits per heavy atom. The third kappa shape index (κ3) is 3.55. The summed E-state index contributed by atoms with van der Waals surface area (Å²) < 4.78 is 39.4. The van der Waals surface area contributed by atoms with Gasteiger partial charge in [0.15, 0.2) is 0 Å². The normalized spacial score (nSPS) is 11.4. The molecule has 0 spiro atoms. The molecule has 0 fully saturated rings. The van der Waals surface area contributed by atoms with Crippen LogP contribution < -0.4 is 5.73 Å². The Balaban J connectivity index is 2.67. The van der Waals surface area contributed by atoms with E-state index in [0.29, 0.717) is 11.1 Å². The maximum Gasteiger partial charge on any atom is 0.417 e. The van der Waals surface area contributed by atoms with Gasteiger partial charge < -0.3 is 5.73 Å². The van der Waals surface area contributed by atoms with Crippen LogP contribution in [0.2, 0.25) is 5.02 Å². The second-order valence-electron chi connectivity index (χ2n) is 4.49. The van der Waals surface area contributed by atoms with E-state index in [1.54, 1.807) is 18.2 Å². The number of hydrogen-bond acceptors (Lipinski definition) is 1. The quantitative estimate of drug-likeness (QED) is 0.912. The Morgan fingerprint density at radius 2 is 1.76 bits per heavy atom. The summed E-state index contributed by atoms with van der Waals surface area (Å²) in [5.74, 6) is -0.613. The Morgan fingerprint density at radius 3 is 2.38 bits per heavy atom. The van der Waals surface area contributed by atoms with Gasteiger partial charge in [-0.1, -0.05) is 35.9 Å². The molecule has 0 saturated carbocycles. The third-order valence-corrected chi connectivity index (χ3v) is 3.19. The van der Waals surface area contributed by atoms with Gasteiger partial charge in [0.05, 0.1) is 12.0 Å². The van der Waals surface area contributed by atoms with E-state index in [1.807, 2.05) is 0 Å². The van der Waals surface area contributed by atoms with E-state index >= 15 is 0 Å². The predicted octanol–water partition coefficient (Wildman–Crippen LogP) is 4.05. The van der Waals surface area contributed by atoms with Gasteiger partial charge in [-0.05, 0) is 34.9 Å². The minimum Gasteiger partial charge on any atom is -0.369 e. The van der Waals surface area contributed by atoms with Gasteiger partial charge in [-0.25, -0.2) is 0 Å². The number of nitrogens with two attached hydrogens (primary N) is 1. The molecule has 110 valence electrons. The molecular weight excluding hydrogens is 303 g/mol. The fraction of sp³-hybridized carbons (Fsp3) is 0.133. The van der Waals surface area contributed by atoms with Crippen LogP contribution in [0.4, 0.5) is 13.2 Å². The zero-order valence-electron chi connectivity index (χ0n) is 10.7. The van der Waals surface area contributed by atoms with Crippen molar-refractivity contribution in [3.05, 3.63) is 58.6 Å². The molecule has 0 aliphatic heterocycles. The van der Waals surface area contributed by atoms with Gasteiger partial charge in [-0.15, -0.1) is 0 Å². The first kappa shape index (κ1) is 15.4. The number of carbonyl (C=O) groups is 1. The molecule has 0 radical (unpaired) electrons. The second-order valence-corrected chi connectivity index (χ2v) is 4.92. The van der Waals surface area contributed by atoms with E-state index in [2.05, 4.69) is 0 Å². The van der Waals surface area contributed by atoms with Crippen LogP contribution in [0.3, 0.4) is 0 Å². The second kappa shape index (κ2) is 5.77. The molecule has 21 heavy (non-hydrogen) atoms.